The number of halogens is 3. The van der Waals surface area contributed by atoms with Crippen LogP contribution in [0.1, 0.15) is 22.8 Å². The van der Waals surface area contributed by atoms with Crippen molar-refractivity contribution in [2.45, 2.75) is 13.3 Å². The highest BCUT2D eigenvalue weighted by Crippen LogP contribution is 2.28. The van der Waals surface area contributed by atoms with Crippen molar-refractivity contribution in [1.29, 1.82) is 0 Å². The number of carbonyl (C=O) groups is 1. The van der Waals surface area contributed by atoms with Gasteiger partial charge in [-0.15, -0.1) is 0 Å². The molecule has 2 aromatic rings. The Morgan fingerprint density at radius 1 is 1.20 bits per heavy atom. The Morgan fingerprint density at radius 2 is 1.96 bits per heavy atom. The number of ketones is 1. The molecule has 0 aromatic heterocycles. The number of hydrogen-bond donors (Lipinski definition) is 0. The quantitative estimate of drug-likeness (QED) is 0.661. The standard InChI is InChI=1S/C19H17Cl2FO3/c1-19(9-24-10-19)11-25-13-3-4-14(17(22)8-13)18(23)7-12-2-5-15(20)16(21)6-12/h2-6,8H,7,9-11H2,1H3. The van der Waals surface area contributed by atoms with Crippen LogP contribution >= 0.6 is 23.2 Å². The summed E-state index contributed by atoms with van der Waals surface area (Å²) in [6, 6.07) is 9.22. The van der Waals surface area contributed by atoms with Crippen LogP contribution < -0.4 is 4.74 Å². The lowest BCUT2D eigenvalue weighted by Gasteiger charge is -2.37. The average Bonchev–Trinajstić information content (AvgIpc) is 2.54. The maximum absolute atomic E-state index is 14.3. The van der Waals surface area contributed by atoms with Crippen molar-refractivity contribution in [2.24, 2.45) is 5.41 Å². The Morgan fingerprint density at radius 3 is 2.56 bits per heavy atom. The molecule has 1 saturated heterocycles. The van der Waals surface area contributed by atoms with Gasteiger partial charge in [-0.1, -0.05) is 36.2 Å². The monoisotopic (exact) mass is 382 g/mol. The van der Waals surface area contributed by atoms with Gasteiger partial charge in [0.05, 0.1) is 35.4 Å². The van der Waals surface area contributed by atoms with Gasteiger partial charge in [-0.25, -0.2) is 4.39 Å². The highest BCUT2D eigenvalue weighted by atomic mass is 35.5. The first kappa shape index (κ1) is 18.2. The van der Waals surface area contributed by atoms with E-state index in [9.17, 15) is 9.18 Å². The van der Waals surface area contributed by atoms with Crippen LogP contribution in [0.4, 0.5) is 4.39 Å². The molecule has 0 spiro atoms. The van der Waals surface area contributed by atoms with E-state index in [-0.39, 0.29) is 23.2 Å². The predicted octanol–water partition coefficient (Wildman–Crippen LogP) is 4.97. The van der Waals surface area contributed by atoms with Crippen molar-refractivity contribution in [3.05, 3.63) is 63.4 Å². The van der Waals surface area contributed by atoms with E-state index < -0.39 is 5.82 Å². The molecule has 25 heavy (non-hydrogen) atoms. The molecule has 132 valence electrons. The number of ether oxygens (including phenoxy) is 2. The summed E-state index contributed by atoms with van der Waals surface area (Å²) in [4.78, 5) is 12.3. The third kappa shape index (κ3) is 4.32. The number of Topliss-reactive ketones (excluding diaryl/α,β-unsaturated/α-hetero) is 1. The first-order valence-corrected chi connectivity index (χ1v) is 8.59. The molecule has 3 nitrogen and oxygen atoms in total. The van der Waals surface area contributed by atoms with Crippen LogP contribution in [0.2, 0.25) is 10.0 Å². The van der Waals surface area contributed by atoms with Gasteiger partial charge in [-0.05, 0) is 29.8 Å². The van der Waals surface area contributed by atoms with Crippen LogP contribution in [0.3, 0.4) is 0 Å². The van der Waals surface area contributed by atoms with E-state index in [1.807, 2.05) is 6.92 Å². The normalized spacial score (nSPS) is 15.5. The summed E-state index contributed by atoms with van der Waals surface area (Å²) in [5.41, 5.74) is 0.674. The topological polar surface area (TPSA) is 35.5 Å². The Labute approximate surface area is 155 Å². The van der Waals surface area contributed by atoms with E-state index in [2.05, 4.69) is 0 Å². The maximum Gasteiger partial charge on any atom is 0.170 e. The minimum absolute atomic E-state index is 0.0246. The minimum atomic E-state index is -0.599. The Balaban J connectivity index is 1.67. The number of hydrogen-bond acceptors (Lipinski definition) is 3. The van der Waals surface area contributed by atoms with Gasteiger partial charge >= 0.3 is 0 Å². The van der Waals surface area contributed by atoms with Crippen molar-refractivity contribution in [3.8, 4) is 5.75 Å². The lowest BCUT2D eigenvalue weighted by Crippen LogP contribution is -2.44. The summed E-state index contributed by atoms with van der Waals surface area (Å²) in [7, 11) is 0. The molecule has 2 aromatic carbocycles. The van der Waals surface area contributed by atoms with E-state index in [0.29, 0.717) is 41.2 Å². The third-order valence-corrected chi connectivity index (χ3v) is 4.82. The molecule has 0 radical (unpaired) electrons. The molecule has 0 atom stereocenters. The van der Waals surface area contributed by atoms with Crippen LogP contribution in [-0.2, 0) is 11.2 Å². The predicted molar refractivity (Wildman–Crippen MR) is 95.3 cm³/mol. The van der Waals surface area contributed by atoms with Gasteiger partial charge < -0.3 is 9.47 Å². The molecule has 3 rings (SSSR count). The molecule has 0 bridgehead atoms. The van der Waals surface area contributed by atoms with Crippen LogP contribution in [0.15, 0.2) is 36.4 Å². The Hall–Kier alpha value is -1.62. The summed E-state index contributed by atoms with van der Waals surface area (Å²) in [6.07, 6.45) is 0.0451. The van der Waals surface area contributed by atoms with E-state index in [4.69, 9.17) is 32.7 Å². The first-order valence-electron chi connectivity index (χ1n) is 7.84. The van der Waals surface area contributed by atoms with Gasteiger partial charge in [0.25, 0.3) is 0 Å². The zero-order valence-electron chi connectivity index (χ0n) is 13.7. The fourth-order valence-electron chi connectivity index (χ4n) is 2.53. The average molecular weight is 383 g/mol. The molecular formula is C19H17Cl2FO3. The second-order valence-electron chi connectivity index (χ2n) is 6.58. The molecule has 1 heterocycles. The summed E-state index contributed by atoms with van der Waals surface area (Å²) in [5, 5.41) is 0.778. The maximum atomic E-state index is 14.3. The fraction of sp³-hybridized carbons (Fsp3) is 0.316. The zero-order chi connectivity index (χ0) is 18.0. The van der Waals surface area contributed by atoms with Crippen molar-refractivity contribution in [1.82, 2.24) is 0 Å². The van der Waals surface area contributed by atoms with Gasteiger partial charge in [0.2, 0.25) is 0 Å². The van der Waals surface area contributed by atoms with E-state index in [0.717, 1.165) is 0 Å². The molecule has 1 aliphatic rings. The molecule has 0 N–H and O–H groups in total. The van der Waals surface area contributed by atoms with Crippen molar-refractivity contribution < 1.29 is 18.7 Å². The van der Waals surface area contributed by atoms with Crippen molar-refractivity contribution in [2.75, 3.05) is 19.8 Å². The fourth-order valence-corrected chi connectivity index (χ4v) is 2.85. The van der Waals surface area contributed by atoms with Gasteiger partial charge in [-0.2, -0.15) is 0 Å². The first-order chi connectivity index (χ1) is 11.9. The van der Waals surface area contributed by atoms with E-state index in [1.165, 1.54) is 12.1 Å². The highest BCUT2D eigenvalue weighted by molar-refractivity contribution is 6.42. The largest absolute Gasteiger partial charge is 0.493 e. The second kappa shape index (κ2) is 7.32. The van der Waals surface area contributed by atoms with E-state index >= 15 is 0 Å². The number of carbonyl (C=O) groups excluding carboxylic acids is 1. The van der Waals surface area contributed by atoms with Crippen LogP contribution in [0.25, 0.3) is 0 Å². The summed E-state index contributed by atoms with van der Waals surface area (Å²) >= 11 is 11.8. The van der Waals surface area contributed by atoms with Gasteiger partial charge in [0, 0.05) is 17.9 Å². The lowest BCUT2D eigenvalue weighted by atomic mass is 9.90. The van der Waals surface area contributed by atoms with Crippen LogP contribution in [0, 0.1) is 11.2 Å². The molecule has 0 unspecified atom stereocenters. The van der Waals surface area contributed by atoms with Gasteiger partial charge in [0.1, 0.15) is 11.6 Å². The third-order valence-electron chi connectivity index (χ3n) is 4.08. The smallest absolute Gasteiger partial charge is 0.170 e. The summed E-state index contributed by atoms with van der Waals surface area (Å²) in [6.45, 7) is 3.76. The van der Waals surface area contributed by atoms with Crippen LogP contribution in [0.5, 0.6) is 5.75 Å². The van der Waals surface area contributed by atoms with Crippen molar-refractivity contribution >= 4 is 29.0 Å². The molecule has 1 fully saturated rings. The molecule has 1 aliphatic heterocycles. The SMILES string of the molecule is CC1(COc2ccc(C(=O)Cc3ccc(Cl)c(Cl)c3)c(F)c2)COC1. The Kier molecular flexibility index (Phi) is 5.32. The molecule has 0 amide bonds. The molecule has 0 aliphatic carbocycles. The minimum Gasteiger partial charge on any atom is -0.493 e. The molecular weight excluding hydrogens is 366 g/mol. The highest BCUT2D eigenvalue weighted by Gasteiger charge is 2.34. The lowest BCUT2D eigenvalue weighted by molar-refractivity contribution is -0.120. The van der Waals surface area contributed by atoms with E-state index in [1.54, 1.807) is 24.3 Å². The zero-order valence-corrected chi connectivity index (χ0v) is 15.2. The molecule has 6 heteroatoms. The van der Waals surface area contributed by atoms with Gasteiger partial charge in [0.15, 0.2) is 5.78 Å². The Bertz CT molecular complexity index is 803. The number of rotatable bonds is 6. The molecule has 0 saturated carbocycles. The summed E-state index contributed by atoms with van der Waals surface area (Å²) in [5.74, 6) is -0.531. The number of benzene rings is 2. The van der Waals surface area contributed by atoms with Crippen LogP contribution in [-0.4, -0.2) is 25.6 Å². The van der Waals surface area contributed by atoms with Gasteiger partial charge in [-0.3, -0.25) is 4.79 Å². The second-order valence-corrected chi connectivity index (χ2v) is 7.40. The van der Waals surface area contributed by atoms with Crippen molar-refractivity contribution in [3.63, 3.8) is 0 Å². The summed E-state index contributed by atoms with van der Waals surface area (Å²) < 4.78 is 25.1.